The van der Waals surface area contributed by atoms with E-state index in [0.29, 0.717) is 6.61 Å². The number of para-hydroxylation sites is 1. The van der Waals surface area contributed by atoms with Crippen LogP contribution in [-0.2, 0) is 11.4 Å². The normalized spacial score (nSPS) is 17.1. The number of benzene rings is 2. The second kappa shape index (κ2) is 4.92. The molecule has 1 atom stereocenters. The van der Waals surface area contributed by atoms with Crippen molar-refractivity contribution in [1.29, 1.82) is 0 Å². The number of fused-ring (bicyclic) bond motifs is 2. The number of hydrogen-bond donors (Lipinski definition) is 1. The summed E-state index contributed by atoms with van der Waals surface area (Å²) in [7, 11) is 0. The maximum absolute atomic E-state index is 11.8. The topological polar surface area (TPSA) is 46.5 Å². The van der Waals surface area contributed by atoms with Gasteiger partial charge in [0.2, 0.25) is 0 Å². The van der Waals surface area contributed by atoms with Gasteiger partial charge < -0.3 is 9.84 Å². The first-order chi connectivity index (χ1) is 10.0. The molecule has 3 rings (SSSR count). The summed E-state index contributed by atoms with van der Waals surface area (Å²) in [5.41, 5.74) is 2.11. The summed E-state index contributed by atoms with van der Waals surface area (Å²) in [6.07, 6.45) is 0. The van der Waals surface area contributed by atoms with Gasteiger partial charge in [0.05, 0.1) is 5.41 Å². The summed E-state index contributed by atoms with van der Waals surface area (Å²) in [4.78, 5) is 11.8. The Labute approximate surface area is 124 Å². The predicted octanol–water partition coefficient (Wildman–Crippen LogP) is 3.82. The molecule has 0 fully saturated rings. The Bertz CT molecular complexity index is 641. The zero-order valence-electron chi connectivity index (χ0n) is 12.2. The van der Waals surface area contributed by atoms with Crippen LogP contribution in [0.25, 0.3) is 0 Å². The van der Waals surface area contributed by atoms with Crippen molar-refractivity contribution in [3.8, 4) is 5.75 Å². The fraction of sp³-hybridized carbons (Fsp3) is 0.278. The number of carboxylic acid groups (broad SMARTS) is 1. The molecule has 2 aromatic rings. The molecule has 2 aromatic carbocycles. The standard InChI is InChI=1S/C18H18O3/c1-18(2,17(19)20)16-13-8-4-3-7-12(13)11-21-15-10-6-5-9-14(15)16/h3-10,16H,11H2,1-2H3,(H,19,20). The Kier molecular flexibility index (Phi) is 3.20. The van der Waals surface area contributed by atoms with Crippen molar-refractivity contribution in [2.45, 2.75) is 26.4 Å². The maximum Gasteiger partial charge on any atom is 0.310 e. The quantitative estimate of drug-likeness (QED) is 0.910. The first kappa shape index (κ1) is 13.7. The van der Waals surface area contributed by atoms with Gasteiger partial charge in [-0.3, -0.25) is 4.79 Å². The molecule has 0 aromatic heterocycles. The van der Waals surface area contributed by atoms with Crippen molar-refractivity contribution in [2.24, 2.45) is 5.41 Å². The Morgan fingerprint density at radius 1 is 1.10 bits per heavy atom. The molecule has 0 amide bonds. The zero-order chi connectivity index (χ0) is 15.0. The highest BCUT2D eigenvalue weighted by atomic mass is 16.5. The molecule has 108 valence electrons. The van der Waals surface area contributed by atoms with Gasteiger partial charge >= 0.3 is 5.97 Å². The second-order valence-electron chi connectivity index (χ2n) is 5.99. The molecule has 21 heavy (non-hydrogen) atoms. The molecule has 3 nitrogen and oxygen atoms in total. The Morgan fingerprint density at radius 3 is 2.43 bits per heavy atom. The van der Waals surface area contributed by atoms with Gasteiger partial charge in [-0.1, -0.05) is 42.5 Å². The third-order valence-electron chi connectivity index (χ3n) is 4.25. The van der Waals surface area contributed by atoms with E-state index in [0.717, 1.165) is 22.4 Å². The Morgan fingerprint density at radius 2 is 1.71 bits per heavy atom. The molecule has 1 aliphatic heterocycles. The van der Waals surface area contributed by atoms with Gasteiger partial charge in [0.25, 0.3) is 0 Å². The minimum Gasteiger partial charge on any atom is -0.489 e. The Balaban J connectivity index is 2.28. The molecule has 0 saturated carbocycles. The highest BCUT2D eigenvalue weighted by Crippen LogP contribution is 2.47. The Hall–Kier alpha value is -2.29. The highest BCUT2D eigenvalue weighted by Gasteiger charge is 2.42. The van der Waals surface area contributed by atoms with Crippen LogP contribution in [0.5, 0.6) is 5.75 Å². The second-order valence-corrected chi connectivity index (χ2v) is 5.99. The number of ether oxygens (including phenoxy) is 1. The lowest BCUT2D eigenvalue weighted by molar-refractivity contribution is -0.147. The van der Waals surface area contributed by atoms with Crippen molar-refractivity contribution in [3.05, 3.63) is 65.2 Å². The number of rotatable bonds is 2. The van der Waals surface area contributed by atoms with Crippen molar-refractivity contribution in [3.63, 3.8) is 0 Å². The fourth-order valence-corrected chi connectivity index (χ4v) is 3.02. The first-order valence-corrected chi connectivity index (χ1v) is 7.04. The zero-order valence-corrected chi connectivity index (χ0v) is 12.2. The van der Waals surface area contributed by atoms with Gasteiger partial charge in [-0.15, -0.1) is 0 Å². The maximum atomic E-state index is 11.8. The van der Waals surface area contributed by atoms with Gasteiger partial charge in [-0.25, -0.2) is 0 Å². The van der Waals surface area contributed by atoms with Crippen LogP contribution in [0.1, 0.15) is 36.5 Å². The van der Waals surface area contributed by atoms with Crippen LogP contribution in [0.4, 0.5) is 0 Å². The molecule has 0 radical (unpaired) electrons. The van der Waals surface area contributed by atoms with E-state index in [2.05, 4.69) is 0 Å². The van der Waals surface area contributed by atoms with Crippen LogP contribution in [0, 0.1) is 5.41 Å². The van der Waals surface area contributed by atoms with Crippen molar-refractivity contribution >= 4 is 5.97 Å². The van der Waals surface area contributed by atoms with Crippen LogP contribution in [0.3, 0.4) is 0 Å². The van der Waals surface area contributed by atoms with E-state index in [9.17, 15) is 9.90 Å². The van der Waals surface area contributed by atoms with Gasteiger partial charge in [-0.2, -0.15) is 0 Å². The fourth-order valence-electron chi connectivity index (χ4n) is 3.02. The van der Waals surface area contributed by atoms with Crippen molar-refractivity contribution < 1.29 is 14.6 Å². The summed E-state index contributed by atoms with van der Waals surface area (Å²) in [5, 5.41) is 9.70. The summed E-state index contributed by atoms with van der Waals surface area (Å²) in [6, 6.07) is 15.7. The lowest BCUT2D eigenvalue weighted by Crippen LogP contribution is -2.32. The van der Waals surface area contributed by atoms with E-state index in [1.54, 1.807) is 13.8 Å². The molecule has 1 aliphatic rings. The van der Waals surface area contributed by atoms with E-state index in [1.165, 1.54) is 0 Å². The van der Waals surface area contributed by atoms with Crippen LogP contribution in [0.2, 0.25) is 0 Å². The van der Waals surface area contributed by atoms with Gasteiger partial charge in [0.15, 0.2) is 0 Å². The number of aliphatic carboxylic acids is 1. The number of hydrogen-bond acceptors (Lipinski definition) is 2. The van der Waals surface area contributed by atoms with E-state index in [-0.39, 0.29) is 5.92 Å². The summed E-state index contributed by atoms with van der Waals surface area (Å²) in [5.74, 6) is -0.267. The largest absolute Gasteiger partial charge is 0.489 e. The minimum absolute atomic E-state index is 0.232. The van der Waals surface area contributed by atoms with Crippen LogP contribution < -0.4 is 4.74 Å². The SMILES string of the molecule is CC(C)(C(=O)O)C1c2ccccc2COc2ccccc21. The van der Waals surface area contributed by atoms with E-state index in [1.807, 2.05) is 48.5 Å². The molecule has 0 saturated heterocycles. The number of carbonyl (C=O) groups is 1. The molecule has 0 bridgehead atoms. The van der Waals surface area contributed by atoms with Crippen molar-refractivity contribution in [1.82, 2.24) is 0 Å². The molecule has 3 heteroatoms. The highest BCUT2D eigenvalue weighted by molar-refractivity contribution is 5.77. The third-order valence-corrected chi connectivity index (χ3v) is 4.25. The summed E-state index contributed by atoms with van der Waals surface area (Å²) in [6.45, 7) is 4.02. The van der Waals surface area contributed by atoms with Crippen LogP contribution in [0.15, 0.2) is 48.5 Å². The predicted molar refractivity (Wildman–Crippen MR) is 80.5 cm³/mol. The van der Waals surface area contributed by atoms with E-state index in [4.69, 9.17) is 4.74 Å². The van der Waals surface area contributed by atoms with Crippen LogP contribution >= 0.6 is 0 Å². The van der Waals surface area contributed by atoms with Crippen molar-refractivity contribution in [2.75, 3.05) is 0 Å². The molecule has 0 aliphatic carbocycles. The molecule has 1 N–H and O–H groups in total. The average Bonchev–Trinajstić information content (AvgIpc) is 2.64. The molecule has 1 heterocycles. The first-order valence-electron chi connectivity index (χ1n) is 7.04. The third kappa shape index (κ3) is 2.19. The monoisotopic (exact) mass is 282 g/mol. The lowest BCUT2D eigenvalue weighted by atomic mass is 9.70. The molecular weight excluding hydrogens is 264 g/mol. The average molecular weight is 282 g/mol. The van der Waals surface area contributed by atoms with Crippen LogP contribution in [-0.4, -0.2) is 11.1 Å². The molecular formula is C18H18O3. The van der Waals surface area contributed by atoms with Gasteiger partial charge in [0.1, 0.15) is 12.4 Å². The summed E-state index contributed by atoms with van der Waals surface area (Å²) >= 11 is 0. The number of carboxylic acids is 1. The minimum atomic E-state index is -0.917. The smallest absolute Gasteiger partial charge is 0.310 e. The van der Waals surface area contributed by atoms with E-state index >= 15 is 0 Å². The van der Waals surface area contributed by atoms with Gasteiger partial charge in [-0.05, 0) is 31.0 Å². The summed E-state index contributed by atoms with van der Waals surface area (Å²) < 4.78 is 5.89. The van der Waals surface area contributed by atoms with E-state index < -0.39 is 11.4 Å². The lowest BCUT2D eigenvalue weighted by Gasteiger charge is -2.31. The van der Waals surface area contributed by atoms with Gasteiger partial charge in [0, 0.05) is 11.5 Å². The molecule has 1 unspecified atom stereocenters. The molecule has 0 spiro atoms.